The number of aromatic nitrogens is 2. The summed E-state index contributed by atoms with van der Waals surface area (Å²) in [7, 11) is 5.62. The molecule has 0 atom stereocenters. The van der Waals surface area contributed by atoms with Gasteiger partial charge in [-0.2, -0.15) is 5.10 Å². The van der Waals surface area contributed by atoms with Gasteiger partial charge < -0.3 is 10.1 Å². The van der Waals surface area contributed by atoms with Gasteiger partial charge in [0.2, 0.25) is 0 Å². The fourth-order valence-corrected chi connectivity index (χ4v) is 2.11. The number of rotatable bonds is 5. The van der Waals surface area contributed by atoms with E-state index in [4.69, 9.17) is 4.74 Å². The molecule has 0 saturated carbocycles. The highest BCUT2D eigenvalue weighted by Crippen LogP contribution is 2.31. The van der Waals surface area contributed by atoms with Crippen LogP contribution in [0, 0.1) is 0 Å². The van der Waals surface area contributed by atoms with Crippen LogP contribution in [0.25, 0.3) is 11.3 Å². The molecule has 0 aliphatic carbocycles. The van der Waals surface area contributed by atoms with Gasteiger partial charge in [-0.1, -0.05) is 12.1 Å². The Labute approximate surface area is 108 Å². The van der Waals surface area contributed by atoms with Crippen molar-refractivity contribution < 1.29 is 4.74 Å². The molecular weight excluding hydrogens is 226 g/mol. The normalized spacial score (nSPS) is 10.6. The number of nitrogens with one attached hydrogen (secondary N) is 1. The third-order valence-electron chi connectivity index (χ3n) is 3.02. The van der Waals surface area contributed by atoms with Gasteiger partial charge in [0.1, 0.15) is 5.75 Å². The predicted octanol–water partition coefficient (Wildman–Crippen LogP) is 1.86. The van der Waals surface area contributed by atoms with Crippen molar-refractivity contribution >= 4 is 0 Å². The molecule has 0 radical (unpaired) electrons. The van der Waals surface area contributed by atoms with Crippen molar-refractivity contribution in [2.24, 2.45) is 7.05 Å². The van der Waals surface area contributed by atoms with Crippen LogP contribution < -0.4 is 10.1 Å². The second kappa shape index (κ2) is 5.69. The Hall–Kier alpha value is -1.81. The van der Waals surface area contributed by atoms with Gasteiger partial charge in [-0.15, -0.1) is 0 Å². The Morgan fingerprint density at radius 2 is 2.11 bits per heavy atom. The third-order valence-corrected chi connectivity index (χ3v) is 3.02. The summed E-state index contributed by atoms with van der Waals surface area (Å²) in [6.07, 6.45) is 2.89. The molecule has 4 nitrogen and oxygen atoms in total. The number of methoxy groups -OCH3 is 1. The Kier molecular flexibility index (Phi) is 3.99. The first-order valence-electron chi connectivity index (χ1n) is 6.06. The third kappa shape index (κ3) is 2.38. The van der Waals surface area contributed by atoms with E-state index in [1.54, 1.807) is 7.11 Å². The Morgan fingerprint density at radius 3 is 2.83 bits per heavy atom. The van der Waals surface area contributed by atoms with Crippen LogP contribution >= 0.6 is 0 Å². The van der Waals surface area contributed by atoms with E-state index >= 15 is 0 Å². The topological polar surface area (TPSA) is 39.1 Å². The van der Waals surface area contributed by atoms with Crippen LogP contribution in [0.3, 0.4) is 0 Å². The molecule has 0 aliphatic rings. The Bertz CT molecular complexity index is 520. The van der Waals surface area contributed by atoms with Crippen molar-refractivity contribution in [1.29, 1.82) is 0 Å². The molecule has 0 saturated heterocycles. The van der Waals surface area contributed by atoms with Gasteiger partial charge in [-0.3, -0.25) is 4.68 Å². The lowest BCUT2D eigenvalue weighted by Crippen LogP contribution is -2.10. The standard InChI is InChI=1S/C14H19N3O/c1-15-9-8-11-10-16-17(2)14(11)12-6-4-5-7-13(12)18-3/h4-7,10,15H,8-9H2,1-3H3. The number of hydrogen-bond acceptors (Lipinski definition) is 3. The van der Waals surface area contributed by atoms with E-state index < -0.39 is 0 Å². The highest BCUT2D eigenvalue weighted by molar-refractivity contribution is 5.70. The number of ether oxygens (including phenoxy) is 1. The summed E-state index contributed by atoms with van der Waals surface area (Å²) in [5.41, 5.74) is 3.45. The summed E-state index contributed by atoms with van der Waals surface area (Å²) >= 11 is 0. The summed E-state index contributed by atoms with van der Waals surface area (Å²) in [5.74, 6) is 0.881. The van der Waals surface area contributed by atoms with Crippen LogP contribution in [-0.2, 0) is 13.5 Å². The SMILES string of the molecule is CNCCc1cnn(C)c1-c1ccccc1OC. The molecule has 2 aromatic rings. The van der Waals surface area contributed by atoms with E-state index in [1.807, 2.05) is 43.2 Å². The van der Waals surface area contributed by atoms with E-state index in [0.717, 1.165) is 30.0 Å². The zero-order chi connectivity index (χ0) is 13.0. The summed E-state index contributed by atoms with van der Waals surface area (Å²) < 4.78 is 7.33. The zero-order valence-corrected chi connectivity index (χ0v) is 11.1. The van der Waals surface area contributed by atoms with E-state index in [2.05, 4.69) is 16.5 Å². The van der Waals surface area contributed by atoms with Gasteiger partial charge in [0, 0.05) is 12.6 Å². The molecule has 0 unspecified atom stereocenters. The minimum Gasteiger partial charge on any atom is -0.496 e. The molecule has 1 N–H and O–H groups in total. The number of aryl methyl sites for hydroxylation is 1. The van der Waals surface area contributed by atoms with Crippen LogP contribution in [0.4, 0.5) is 0 Å². The number of likely N-dealkylation sites (N-methyl/N-ethyl adjacent to an activating group) is 1. The Morgan fingerprint density at radius 1 is 1.33 bits per heavy atom. The van der Waals surface area contributed by atoms with Crippen LogP contribution in [0.15, 0.2) is 30.5 Å². The highest BCUT2D eigenvalue weighted by atomic mass is 16.5. The molecule has 1 heterocycles. The zero-order valence-electron chi connectivity index (χ0n) is 11.1. The number of para-hydroxylation sites is 1. The van der Waals surface area contributed by atoms with Crippen molar-refractivity contribution in [2.45, 2.75) is 6.42 Å². The average Bonchev–Trinajstić information content (AvgIpc) is 2.77. The van der Waals surface area contributed by atoms with Crippen molar-refractivity contribution in [3.8, 4) is 17.0 Å². The summed E-state index contributed by atoms with van der Waals surface area (Å²) in [6.45, 7) is 0.938. The van der Waals surface area contributed by atoms with Crippen LogP contribution in [0.1, 0.15) is 5.56 Å². The number of nitrogens with zero attached hydrogens (tertiary/aromatic N) is 2. The molecule has 18 heavy (non-hydrogen) atoms. The summed E-state index contributed by atoms with van der Waals surface area (Å²) in [5, 5.41) is 7.52. The molecule has 0 fully saturated rings. The second-order valence-corrected chi connectivity index (χ2v) is 4.20. The van der Waals surface area contributed by atoms with E-state index in [9.17, 15) is 0 Å². The van der Waals surface area contributed by atoms with Crippen LogP contribution in [-0.4, -0.2) is 30.5 Å². The minimum atomic E-state index is 0.881. The van der Waals surface area contributed by atoms with Gasteiger partial charge in [0.15, 0.2) is 0 Å². The molecule has 1 aromatic heterocycles. The predicted molar refractivity (Wildman–Crippen MR) is 72.8 cm³/mol. The first-order valence-corrected chi connectivity index (χ1v) is 6.06. The van der Waals surface area contributed by atoms with Crippen molar-refractivity contribution in [1.82, 2.24) is 15.1 Å². The molecule has 0 aliphatic heterocycles. The van der Waals surface area contributed by atoms with Gasteiger partial charge in [-0.05, 0) is 37.7 Å². The average molecular weight is 245 g/mol. The lowest BCUT2D eigenvalue weighted by atomic mass is 10.0. The van der Waals surface area contributed by atoms with Crippen molar-refractivity contribution in [2.75, 3.05) is 20.7 Å². The van der Waals surface area contributed by atoms with Gasteiger partial charge >= 0.3 is 0 Å². The molecule has 4 heteroatoms. The van der Waals surface area contributed by atoms with Crippen molar-refractivity contribution in [3.63, 3.8) is 0 Å². The Balaban J connectivity index is 2.45. The monoisotopic (exact) mass is 245 g/mol. The molecule has 0 amide bonds. The largest absolute Gasteiger partial charge is 0.496 e. The molecule has 0 bridgehead atoms. The van der Waals surface area contributed by atoms with Gasteiger partial charge in [0.25, 0.3) is 0 Å². The molecule has 1 aromatic carbocycles. The summed E-state index contributed by atoms with van der Waals surface area (Å²) in [4.78, 5) is 0. The highest BCUT2D eigenvalue weighted by Gasteiger charge is 2.14. The van der Waals surface area contributed by atoms with Gasteiger partial charge in [0.05, 0.1) is 19.0 Å². The molecule has 96 valence electrons. The van der Waals surface area contributed by atoms with E-state index in [-0.39, 0.29) is 0 Å². The second-order valence-electron chi connectivity index (χ2n) is 4.20. The van der Waals surface area contributed by atoms with Crippen LogP contribution in [0.2, 0.25) is 0 Å². The molecule has 2 rings (SSSR count). The molecular formula is C14H19N3O. The number of hydrogen-bond donors (Lipinski definition) is 1. The first-order chi connectivity index (χ1) is 8.77. The molecule has 0 spiro atoms. The quantitative estimate of drug-likeness (QED) is 0.874. The smallest absolute Gasteiger partial charge is 0.128 e. The maximum Gasteiger partial charge on any atom is 0.128 e. The maximum atomic E-state index is 5.43. The van der Waals surface area contributed by atoms with Crippen LogP contribution in [0.5, 0.6) is 5.75 Å². The fourth-order valence-electron chi connectivity index (χ4n) is 2.11. The fraction of sp³-hybridized carbons (Fsp3) is 0.357. The lowest BCUT2D eigenvalue weighted by Gasteiger charge is -2.10. The first kappa shape index (κ1) is 12.6. The lowest BCUT2D eigenvalue weighted by molar-refractivity contribution is 0.416. The van der Waals surface area contributed by atoms with E-state index in [0.29, 0.717) is 0 Å². The summed E-state index contributed by atoms with van der Waals surface area (Å²) in [6, 6.07) is 8.04. The minimum absolute atomic E-state index is 0.881. The maximum absolute atomic E-state index is 5.43. The number of benzene rings is 1. The van der Waals surface area contributed by atoms with E-state index in [1.165, 1.54) is 5.56 Å². The van der Waals surface area contributed by atoms with Crippen molar-refractivity contribution in [3.05, 3.63) is 36.0 Å². The van der Waals surface area contributed by atoms with Gasteiger partial charge in [-0.25, -0.2) is 0 Å².